The number of carbonyl (C=O) groups excluding carboxylic acids is 3. The summed E-state index contributed by atoms with van der Waals surface area (Å²) in [5, 5.41) is 50.0. The summed E-state index contributed by atoms with van der Waals surface area (Å²) >= 11 is 0. The van der Waals surface area contributed by atoms with Crippen LogP contribution < -0.4 is 25.8 Å². The second-order valence-corrected chi connectivity index (χ2v) is 20.9. The summed E-state index contributed by atoms with van der Waals surface area (Å²) in [5.41, 5.74) is 7.12. The number of alkyl halides is 3. The molecule has 0 radical (unpaired) electrons. The van der Waals surface area contributed by atoms with Crippen LogP contribution in [0.2, 0.25) is 0 Å². The predicted molar refractivity (Wildman–Crippen MR) is 302 cm³/mol. The van der Waals surface area contributed by atoms with Crippen molar-refractivity contribution in [1.82, 2.24) is 45.2 Å². The van der Waals surface area contributed by atoms with Crippen molar-refractivity contribution in [3.05, 3.63) is 149 Å². The minimum atomic E-state index is -4.65. The third-order valence-electron chi connectivity index (χ3n) is 15.4. The molecule has 21 heteroatoms. The van der Waals surface area contributed by atoms with Gasteiger partial charge in [-0.05, 0) is 109 Å². The number of hydrogen-bond acceptors (Lipinski definition) is 14. The number of piperidine rings is 1. The number of rotatable bonds is 18. The predicted octanol–water partition coefficient (Wildman–Crippen LogP) is 7.82. The van der Waals surface area contributed by atoms with Gasteiger partial charge in [-0.1, -0.05) is 74.2 Å². The minimum absolute atomic E-state index is 0.0250. The van der Waals surface area contributed by atoms with Crippen LogP contribution in [0.25, 0.3) is 27.8 Å². The Labute approximate surface area is 466 Å². The van der Waals surface area contributed by atoms with Crippen molar-refractivity contribution >= 4 is 45.9 Å². The number of fused-ring (bicyclic) bond motifs is 2. The number of halogens is 3. The molecule has 5 heterocycles. The quantitative estimate of drug-likeness (QED) is 0.0452. The van der Waals surface area contributed by atoms with Gasteiger partial charge < -0.3 is 46.0 Å². The molecular weight excluding hydrogens is 1040 g/mol. The van der Waals surface area contributed by atoms with Crippen LogP contribution in [0.5, 0.6) is 17.2 Å². The second-order valence-electron chi connectivity index (χ2n) is 20.9. The molecule has 0 atom stereocenters. The van der Waals surface area contributed by atoms with Crippen molar-refractivity contribution in [2.24, 2.45) is 5.92 Å². The van der Waals surface area contributed by atoms with Crippen LogP contribution in [0.1, 0.15) is 70.3 Å². The smallest absolute Gasteiger partial charge is 0.405 e. The molecule has 422 valence electrons. The molecule has 0 unspecified atom stereocenters. The molecule has 3 amide bonds. The molecule has 0 aliphatic carbocycles. The van der Waals surface area contributed by atoms with Gasteiger partial charge in [0.05, 0.1) is 17.8 Å². The van der Waals surface area contributed by atoms with Crippen LogP contribution in [-0.2, 0) is 48.5 Å². The zero-order valence-corrected chi connectivity index (χ0v) is 45.1. The van der Waals surface area contributed by atoms with Crippen molar-refractivity contribution in [2.75, 3.05) is 74.0 Å². The molecule has 0 spiro atoms. The van der Waals surface area contributed by atoms with E-state index in [1.165, 1.54) is 22.3 Å². The molecule has 3 aliphatic rings. The van der Waals surface area contributed by atoms with Gasteiger partial charge in [0.2, 0.25) is 23.6 Å². The molecule has 10 rings (SSSR count). The highest BCUT2D eigenvalue weighted by Gasteiger charge is 2.32. The van der Waals surface area contributed by atoms with Gasteiger partial charge >= 0.3 is 6.18 Å². The number of aromatic hydroxyl groups is 3. The number of nitrogens with one attached hydrogen (secondary N) is 3. The number of aromatic nitrogens is 5. The van der Waals surface area contributed by atoms with E-state index in [1.807, 2.05) is 54.7 Å². The molecule has 3 aliphatic heterocycles. The van der Waals surface area contributed by atoms with E-state index in [9.17, 15) is 42.9 Å². The minimum Gasteiger partial charge on any atom is -0.508 e. The number of benzene rings is 5. The molecule has 0 saturated carbocycles. The van der Waals surface area contributed by atoms with Gasteiger partial charge in [0.25, 0.3) is 5.91 Å². The Bertz CT molecular complexity index is 3430. The van der Waals surface area contributed by atoms with Gasteiger partial charge in [0.15, 0.2) is 5.82 Å². The Balaban J connectivity index is 0.706. The molecule has 2 fully saturated rings. The number of likely N-dealkylation sites (tertiary alicyclic amines) is 1. The summed E-state index contributed by atoms with van der Waals surface area (Å²) in [6, 6.07) is 29.9. The highest BCUT2D eigenvalue weighted by Crippen LogP contribution is 2.38. The van der Waals surface area contributed by atoms with Crippen LogP contribution in [0, 0.1) is 5.92 Å². The first-order valence-electron chi connectivity index (χ1n) is 27.4. The first kappa shape index (κ1) is 55.6. The normalized spacial score (nSPS) is 15.1. The number of nitrogens with zero attached hydrogens (tertiary/aromatic N) is 9. The summed E-state index contributed by atoms with van der Waals surface area (Å²) in [4.78, 5) is 57.3. The molecule has 5 aromatic carbocycles. The Hall–Kier alpha value is -8.72. The van der Waals surface area contributed by atoms with Crippen LogP contribution >= 0.6 is 0 Å². The zero-order chi connectivity index (χ0) is 56.8. The van der Waals surface area contributed by atoms with Gasteiger partial charge in [0.1, 0.15) is 29.6 Å². The number of piperazine rings is 1. The van der Waals surface area contributed by atoms with E-state index in [-0.39, 0.29) is 46.9 Å². The molecular formula is C60H65F3N12O6. The number of amides is 3. The average molecular weight is 1110 g/mol. The van der Waals surface area contributed by atoms with Crippen molar-refractivity contribution < 1.29 is 42.9 Å². The van der Waals surface area contributed by atoms with Gasteiger partial charge in [0, 0.05) is 93.2 Å². The first-order valence-corrected chi connectivity index (χ1v) is 27.4. The van der Waals surface area contributed by atoms with Crippen molar-refractivity contribution in [3.8, 4) is 34.3 Å². The Morgan fingerprint density at radius 1 is 0.790 bits per heavy atom. The van der Waals surface area contributed by atoms with E-state index >= 15 is 0 Å². The summed E-state index contributed by atoms with van der Waals surface area (Å²) in [5.74, 6) is -0.252. The number of phenols is 3. The third kappa shape index (κ3) is 13.2. The molecule has 7 aromatic rings. The number of aryl methyl sites for hydroxylation is 1. The highest BCUT2D eigenvalue weighted by molar-refractivity contribution is 5.96. The van der Waals surface area contributed by atoms with Crippen LogP contribution in [0.15, 0.2) is 110 Å². The van der Waals surface area contributed by atoms with Crippen LogP contribution in [-0.4, -0.2) is 133 Å². The number of hydrogen-bond donors (Lipinski definition) is 6. The Morgan fingerprint density at radius 3 is 2.25 bits per heavy atom. The van der Waals surface area contributed by atoms with Crippen molar-refractivity contribution in [1.29, 1.82) is 0 Å². The molecule has 18 nitrogen and oxygen atoms in total. The zero-order valence-electron chi connectivity index (χ0n) is 45.1. The van der Waals surface area contributed by atoms with Crippen molar-refractivity contribution in [2.45, 2.75) is 71.3 Å². The number of carbonyl (C=O) groups is 3. The van der Waals surface area contributed by atoms with E-state index in [0.29, 0.717) is 88.3 Å². The summed E-state index contributed by atoms with van der Waals surface area (Å²) in [6.07, 6.45) is 0.776. The molecule has 2 aromatic heterocycles. The monoisotopic (exact) mass is 1110 g/mol. The van der Waals surface area contributed by atoms with Crippen LogP contribution in [0.4, 0.5) is 30.6 Å². The SMILES string of the molecule is C=CC(=O)N1CCN(c2nc(NCCC(=O)NCc3ccc(CN4CCC(Cc5ccc(-n6c(C(=O)NCC(F)(F)F)nnc6-c6cc(CC)c(O)cc6O)cc5)CC4)cc3)nc3c2CCN(c2cc(O)cc4ccccc24)C3)CC1. The van der Waals surface area contributed by atoms with Gasteiger partial charge in [-0.3, -0.25) is 23.9 Å². The molecule has 0 bridgehead atoms. The topological polar surface area (TPSA) is 217 Å². The lowest BCUT2D eigenvalue weighted by molar-refractivity contribution is -0.126. The number of anilines is 3. The van der Waals surface area contributed by atoms with Gasteiger partial charge in [-0.15, -0.1) is 10.2 Å². The summed E-state index contributed by atoms with van der Waals surface area (Å²) in [7, 11) is 0. The molecule has 2 saturated heterocycles. The van der Waals surface area contributed by atoms with E-state index < -0.39 is 24.5 Å². The van der Waals surface area contributed by atoms with Gasteiger partial charge in [-0.2, -0.15) is 18.2 Å². The molecule has 6 N–H and O–H groups in total. The average Bonchev–Trinajstić information content (AvgIpc) is 3.95. The largest absolute Gasteiger partial charge is 0.508 e. The Morgan fingerprint density at radius 2 is 1.52 bits per heavy atom. The van der Waals surface area contributed by atoms with E-state index in [4.69, 9.17) is 9.97 Å². The molecule has 81 heavy (non-hydrogen) atoms. The first-order chi connectivity index (χ1) is 39.1. The lowest BCUT2D eigenvalue weighted by Gasteiger charge is -2.38. The standard InChI is InChI=1S/C60H65F3N12O6/c1-3-42-31-48(52(78)33-51(42)77)56-69-70-57(58(81)66-37-60(61,62)63)75(56)44-15-13-38(14-16-44)29-39-18-22-71(23-19-39)35-41-11-9-40(10-12-41)34-65-53(79)17-21-64-59-67-49-36-74(50-32-45(76)30-43-7-5-6-8-46(43)50)24-20-47(49)55(68-59)73-27-25-72(26-28-73)54(80)4-2/h4-16,30-33,39,76-78H,2-3,17-29,34-37H2,1H3,(H,65,79)(H,66,81)(H,64,67,68). The van der Waals surface area contributed by atoms with Crippen molar-refractivity contribution in [3.63, 3.8) is 0 Å². The van der Waals surface area contributed by atoms with E-state index in [2.05, 4.69) is 60.3 Å². The number of phenolic OH excluding ortho intramolecular Hbond substituents is 3. The lowest BCUT2D eigenvalue weighted by atomic mass is 9.90. The second kappa shape index (κ2) is 24.3. The maximum Gasteiger partial charge on any atom is 0.405 e. The maximum atomic E-state index is 13.2. The van der Waals surface area contributed by atoms with E-state index in [0.717, 1.165) is 89.6 Å². The van der Waals surface area contributed by atoms with Gasteiger partial charge in [-0.25, -0.2) is 4.98 Å². The third-order valence-corrected chi connectivity index (χ3v) is 15.4. The summed E-state index contributed by atoms with van der Waals surface area (Å²) < 4.78 is 40.5. The summed E-state index contributed by atoms with van der Waals surface area (Å²) in [6.45, 7) is 10.7. The fourth-order valence-corrected chi connectivity index (χ4v) is 11.0. The highest BCUT2D eigenvalue weighted by atomic mass is 19.4. The lowest BCUT2D eigenvalue weighted by Crippen LogP contribution is -2.49. The fourth-order valence-electron chi connectivity index (χ4n) is 11.0. The Kier molecular flexibility index (Phi) is 16.7. The fraction of sp³-hybridized carbons (Fsp3) is 0.350. The van der Waals surface area contributed by atoms with E-state index in [1.54, 1.807) is 29.2 Å². The van der Waals surface area contributed by atoms with Crippen LogP contribution in [0.3, 0.4) is 0 Å². The maximum absolute atomic E-state index is 13.2.